The number of alkyl halides is 3. The van der Waals surface area contributed by atoms with E-state index in [2.05, 4.69) is 43.0 Å². The SMILES string of the molecule is CCCN(CCNC)CCC(=O)Nc1cc(Nc2cc(Cl)nnc2OCC(F)(F)F)ccn1. The minimum Gasteiger partial charge on any atom is -0.465 e. The summed E-state index contributed by atoms with van der Waals surface area (Å²) in [4.78, 5) is 18.7. The zero-order valence-corrected chi connectivity index (χ0v) is 19.1. The molecule has 0 aromatic carbocycles. The monoisotopic (exact) mass is 489 g/mol. The molecular formula is C20H27ClF3N7O2. The predicted molar refractivity (Wildman–Crippen MR) is 120 cm³/mol. The lowest BCUT2D eigenvalue weighted by Crippen LogP contribution is -2.34. The maximum Gasteiger partial charge on any atom is 0.422 e. The van der Waals surface area contributed by atoms with E-state index in [0.29, 0.717) is 18.7 Å². The van der Waals surface area contributed by atoms with Gasteiger partial charge in [0.2, 0.25) is 5.91 Å². The number of halogens is 4. The molecule has 0 aliphatic heterocycles. The van der Waals surface area contributed by atoms with Crippen LogP contribution in [0.5, 0.6) is 5.88 Å². The molecule has 0 atom stereocenters. The van der Waals surface area contributed by atoms with Gasteiger partial charge in [-0.15, -0.1) is 10.2 Å². The number of likely N-dealkylation sites (N-methyl/N-ethyl adjacent to an activating group) is 1. The lowest BCUT2D eigenvalue weighted by Gasteiger charge is -2.21. The number of hydrogen-bond donors (Lipinski definition) is 3. The normalized spacial score (nSPS) is 11.5. The van der Waals surface area contributed by atoms with Gasteiger partial charge in [0.25, 0.3) is 5.88 Å². The summed E-state index contributed by atoms with van der Waals surface area (Å²) in [6, 6.07) is 4.38. The summed E-state index contributed by atoms with van der Waals surface area (Å²) in [6.07, 6.45) is -1.81. The zero-order valence-electron chi connectivity index (χ0n) is 18.4. The van der Waals surface area contributed by atoms with Crippen molar-refractivity contribution in [2.45, 2.75) is 25.9 Å². The summed E-state index contributed by atoms with van der Waals surface area (Å²) in [5.74, 6) is -0.280. The Morgan fingerprint density at radius 2 is 2.00 bits per heavy atom. The highest BCUT2D eigenvalue weighted by molar-refractivity contribution is 6.29. The van der Waals surface area contributed by atoms with Crippen LogP contribution in [-0.4, -0.2) is 72.0 Å². The fourth-order valence-corrected chi connectivity index (χ4v) is 2.97. The molecular weight excluding hydrogens is 463 g/mol. The van der Waals surface area contributed by atoms with Crippen molar-refractivity contribution in [1.82, 2.24) is 25.4 Å². The van der Waals surface area contributed by atoms with Gasteiger partial charge in [-0.3, -0.25) is 4.79 Å². The number of anilines is 3. The smallest absolute Gasteiger partial charge is 0.422 e. The first-order valence-electron chi connectivity index (χ1n) is 10.3. The third-order valence-electron chi connectivity index (χ3n) is 4.28. The minimum atomic E-state index is -4.54. The largest absolute Gasteiger partial charge is 0.465 e. The van der Waals surface area contributed by atoms with Gasteiger partial charge in [-0.25, -0.2) is 4.98 Å². The maximum atomic E-state index is 12.5. The molecule has 0 saturated carbocycles. The second-order valence-corrected chi connectivity index (χ2v) is 7.48. The van der Waals surface area contributed by atoms with Crippen LogP contribution in [0.1, 0.15) is 19.8 Å². The van der Waals surface area contributed by atoms with Crippen molar-refractivity contribution < 1.29 is 22.7 Å². The highest BCUT2D eigenvalue weighted by Crippen LogP contribution is 2.29. The molecule has 13 heteroatoms. The molecule has 0 saturated heterocycles. The lowest BCUT2D eigenvalue weighted by molar-refractivity contribution is -0.154. The molecule has 0 fully saturated rings. The molecule has 0 aliphatic rings. The van der Waals surface area contributed by atoms with Gasteiger partial charge in [-0.2, -0.15) is 13.2 Å². The van der Waals surface area contributed by atoms with Crippen molar-refractivity contribution in [3.63, 3.8) is 0 Å². The number of rotatable bonds is 13. The number of carbonyl (C=O) groups is 1. The molecule has 0 radical (unpaired) electrons. The van der Waals surface area contributed by atoms with E-state index in [1.165, 1.54) is 18.3 Å². The van der Waals surface area contributed by atoms with E-state index in [1.54, 1.807) is 6.07 Å². The van der Waals surface area contributed by atoms with Crippen molar-refractivity contribution in [3.8, 4) is 5.88 Å². The van der Waals surface area contributed by atoms with Crippen molar-refractivity contribution in [2.75, 3.05) is 50.5 Å². The van der Waals surface area contributed by atoms with Crippen LogP contribution in [0.25, 0.3) is 0 Å². The highest BCUT2D eigenvalue weighted by Gasteiger charge is 2.29. The molecule has 2 heterocycles. The average Bonchev–Trinajstić information content (AvgIpc) is 2.75. The first-order valence-corrected chi connectivity index (χ1v) is 10.7. The molecule has 3 N–H and O–H groups in total. The zero-order chi connectivity index (χ0) is 24.3. The molecule has 2 aromatic heterocycles. The van der Waals surface area contributed by atoms with Gasteiger partial charge in [0.1, 0.15) is 11.5 Å². The summed E-state index contributed by atoms with van der Waals surface area (Å²) in [5.41, 5.74) is 0.519. The van der Waals surface area contributed by atoms with Crippen LogP contribution in [0.3, 0.4) is 0 Å². The second-order valence-electron chi connectivity index (χ2n) is 7.09. The topological polar surface area (TPSA) is 104 Å². The predicted octanol–water partition coefficient (Wildman–Crippen LogP) is 3.47. The fourth-order valence-electron chi connectivity index (χ4n) is 2.82. The molecule has 182 valence electrons. The maximum absolute atomic E-state index is 12.5. The molecule has 33 heavy (non-hydrogen) atoms. The first kappa shape index (κ1) is 26.6. The van der Waals surface area contributed by atoms with E-state index >= 15 is 0 Å². The Labute approximate surface area is 195 Å². The molecule has 0 aliphatic carbocycles. The minimum absolute atomic E-state index is 0.0330. The van der Waals surface area contributed by atoms with Crippen LogP contribution in [-0.2, 0) is 4.79 Å². The van der Waals surface area contributed by atoms with E-state index in [9.17, 15) is 18.0 Å². The number of nitrogens with one attached hydrogen (secondary N) is 3. The number of hydrogen-bond acceptors (Lipinski definition) is 8. The number of pyridine rings is 1. The van der Waals surface area contributed by atoms with Crippen LogP contribution >= 0.6 is 11.6 Å². The lowest BCUT2D eigenvalue weighted by atomic mass is 10.3. The number of amides is 1. The molecule has 2 aromatic rings. The van der Waals surface area contributed by atoms with Crippen molar-refractivity contribution in [1.29, 1.82) is 0 Å². The summed E-state index contributed by atoms with van der Waals surface area (Å²) >= 11 is 5.82. The number of aromatic nitrogens is 3. The van der Waals surface area contributed by atoms with Crippen LogP contribution in [0.15, 0.2) is 24.4 Å². The summed E-state index contributed by atoms with van der Waals surface area (Å²) in [7, 11) is 1.88. The fraction of sp³-hybridized carbons (Fsp3) is 0.500. The van der Waals surface area contributed by atoms with Crippen LogP contribution < -0.4 is 20.7 Å². The van der Waals surface area contributed by atoms with E-state index in [0.717, 1.165) is 26.1 Å². The van der Waals surface area contributed by atoms with Crippen LogP contribution in [0, 0.1) is 0 Å². The Morgan fingerprint density at radius 3 is 2.70 bits per heavy atom. The standard InChI is InChI=1S/C20H27ClF3N7O2/c1-3-8-31(10-7-25-2)9-5-18(32)28-17-11-14(4-6-26-17)27-15-12-16(21)29-30-19(15)33-13-20(22,23)24/h4,6,11-12,25H,3,5,7-10,13H2,1-2H3,(H2,26,27,28,29,32). The van der Waals surface area contributed by atoms with E-state index in [-0.39, 0.29) is 28.4 Å². The van der Waals surface area contributed by atoms with Gasteiger partial charge < -0.3 is 25.6 Å². The Kier molecular flexibility index (Phi) is 10.6. The molecule has 9 nitrogen and oxygen atoms in total. The van der Waals surface area contributed by atoms with Gasteiger partial charge in [0.05, 0.1) is 0 Å². The van der Waals surface area contributed by atoms with Gasteiger partial charge >= 0.3 is 6.18 Å². The number of carbonyl (C=O) groups excluding carboxylic acids is 1. The van der Waals surface area contributed by atoms with E-state index < -0.39 is 12.8 Å². The third kappa shape index (κ3) is 10.2. The second kappa shape index (κ2) is 13.1. The Bertz CT molecular complexity index is 902. The van der Waals surface area contributed by atoms with Gasteiger partial charge in [-0.1, -0.05) is 18.5 Å². The van der Waals surface area contributed by atoms with Crippen molar-refractivity contribution in [3.05, 3.63) is 29.5 Å². The van der Waals surface area contributed by atoms with Gasteiger partial charge in [0, 0.05) is 50.1 Å². The summed E-state index contributed by atoms with van der Waals surface area (Å²) < 4.78 is 42.2. The molecule has 0 spiro atoms. The summed E-state index contributed by atoms with van der Waals surface area (Å²) in [6.45, 7) is 3.74. The number of nitrogens with zero attached hydrogens (tertiary/aromatic N) is 4. The Morgan fingerprint density at radius 1 is 1.21 bits per heavy atom. The van der Waals surface area contributed by atoms with Crippen molar-refractivity contribution in [2.24, 2.45) is 0 Å². The quantitative estimate of drug-likeness (QED) is 0.393. The highest BCUT2D eigenvalue weighted by atomic mass is 35.5. The summed E-state index contributed by atoms with van der Waals surface area (Å²) in [5, 5.41) is 15.7. The molecule has 0 bridgehead atoms. The van der Waals surface area contributed by atoms with Crippen molar-refractivity contribution >= 4 is 34.7 Å². The molecule has 2 rings (SSSR count). The molecule has 0 unspecified atom stereocenters. The number of ether oxygens (including phenoxy) is 1. The third-order valence-corrected chi connectivity index (χ3v) is 4.47. The molecule has 1 amide bonds. The van der Waals surface area contributed by atoms with Gasteiger partial charge in [0.15, 0.2) is 11.8 Å². The van der Waals surface area contributed by atoms with Crippen LogP contribution in [0.2, 0.25) is 5.15 Å². The first-order chi connectivity index (χ1) is 15.7. The average molecular weight is 490 g/mol. The van der Waals surface area contributed by atoms with E-state index in [4.69, 9.17) is 16.3 Å². The Hall–Kier alpha value is -2.70. The van der Waals surface area contributed by atoms with E-state index in [1.807, 2.05) is 7.05 Å². The van der Waals surface area contributed by atoms with Crippen LogP contribution in [0.4, 0.5) is 30.4 Å². The van der Waals surface area contributed by atoms with Gasteiger partial charge in [-0.05, 0) is 26.1 Å². The Balaban J connectivity index is 2.01.